The number of nitrogens with one attached hydrogen (secondary N) is 1. The van der Waals surface area contributed by atoms with E-state index in [9.17, 15) is 4.79 Å². The number of carbonyl (C=O) groups is 1. The van der Waals surface area contributed by atoms with Gasteiger partial charge in [0.1, 0.15) is 30.7 Å². The van der Waals surface area contributed by atoms with E-state index in [4.69, 9.17) is 9.47 Å². The van der Waals surface area contributed by atoms with Crippen LogP contribution in [0.5, 0.6) is 11.5 Å². The van der Waals surface area contributed by atoms with E-state index in [0.717, 1.165) is 55.5 Å². The SMILES string of the molecule is COc1ccc(COc2cccc(Nc3ncnc4cc(-c5cccc(C=O)c5)sc34)c2)cc1. The quantitative estimate of drug-likeness (QED) is 0.263. The van der Waals surface area contributed by atoms with Gasteiger partial charge >= 0.3 is 0 Å². The highest BCUT2D eigenvalue weighted by molar-refractivity contribution is 7.22. The first-order valence-corrected chi connectivity index (χ1v) is 11.5. The predicted molar refractivity (Wildman–Crippen MR) is 135 cm³/mol. The Balaban J connectivity index is 1.35. The second-order valence-corrected chi connectivity index (χ2v) is 8.63. The molecule has 0 atom stereocenters. The van der Waals surface area contributed by atoms with Crippen LogP contribution in [0.4, 0.5) is 11.5 Å². The molecule has 6 nitrogen and oxygen atoms in total. The maximum Gasteiger partial charge on any atom is 0.151 e. The predicted octanol–water partition coefficient (Wildman–Crippen LogP) is 6.50. The summed E-state index contributed by atoms with van der Waals surface area (Å²) in [5, 5.41) is 3.39. The number of nitrogens with zero attached hydrogens (tertiary/aromatic N) is 2. The van der Waals surface area contributed by atoms with E-state index in [-0.39, 0.29) is 0 Å². The molecule has 2 aromatic heterocycles. The molecule has 1 N–H and O–H groups in total. The fraction of sp³-hybridized carbons (Fsp3) is 0.0741. The van der Waals surface area contributed by atoms with Gasteiger partial charge in [-0.05, 0) is 47.5 Å². The minimum absolute atomic E-state index is 0.458. The van der Waals surface area contributed by atoms with Gasteiger partial charge in [0.15, 0.2) is 5.82 Å². The van der Waals surface area contributed by atoms with E-state index >= 15 is 0 Å². The number of aromatic nitrogens is 2. The van der Waals surface area contributed by atoms with Crippen molar-refractivity contribution >= 4 is 39.3 Å². The fourth-order valence-electron chi connectivity index (χ4n) is 3.54. The van der Waals surface area contributed by atoms with Crippen molar-refractivity contribution in [2.45, 2.75) is 6.61 Å². The van der Waals surface area contributed by atoms with Crippen LogP contribution in [0.1, 0.15) is 15.9 Å². The lowest BCUT2D eigenvalue weighted by Gasteiger charge is -2.10. The minimum Gasteiger partial charge on any atom is -0.497 e. The smallest absolute Gasteiger partial charge is 0.151 e. The molecule has 0 aliphatic carbocycles. The van der Waals surface area contributed by atoms with E-state index in [2.05, 4.69) is 15.3 Å². The third-order valence-electron chi connectivity index (χ3n) is 5.28. The lowest BCUT2D eigenvalue weighted by atomic mass is 10.1. The summed E-state index contributed by atoms with van der Waals surface area (Å²) in [5.41, 5.74) is 4.39. The highest BCUT2D eigenvalue weighted by Gasteiger charge is 2.11. The molecule has 0 amide bonds. The highest BCUT2D eigenvalue weighted by atomic mass is 32.1. The Bertz CT molecular complexity index is 1450. The standard InChI is InChI=1S/C27H21N3O3S/c1-32-22-10-8-18(9-11-22)16-33-23-7-3-6-21(13-23)30-27-26-24(28-17-29-27)14-25(34-26)20-5-2-4-19(12-20)15-31/h2-15,17H,16H2,1H3,(H,28,29,30). The molecule has 0 bridgehead atoms. The van der Waals surface area contributed by atoms with Crippen molar-refractivity contribution in [2.24, 2.45) is 0 Å². The second-order valence-electron chi connectivity index (χ2n) is 7.58. The molecule has 0 aliphatic heterocycles. The molecular weight excluding hydrogens is 446 g/mol. The summed E-state index contributed by atoms with van der Waals surface area (Å²) in [6.45, 7) is 0.458. The normalized spacial score (nSPS) is 10.7. The molecule has 34 heavy (non-hydrogen) atoms. The van der Waals surface area contributed by atoms with Gasteiger partial charge in [-0.25, -0.2) is 9.97 Å². The molecule has 5 aromatic rings. The minimum atomic E-state index is 0.458. The van der Waals surface area contributed by atoms with Gasteiger partial charge in [0.25, 0.3) is 0 Å². The van der Waals surface area contributed by atoms with Crippen LogP contribution in [0, 0.1) is 0 Å². The maximum atomic E-state index is 11.2. The zero-order valence-electron chi connectivity index (χ0n) is 18.4. The van der Waals surface area contributed by atoms with Crippen molar-refractivity contribution in [3.05, 3.63) is 96.3 Å². The number of ether oxygens (including phenoxy) is 2. The maximum absolute atomic E-state index is 11.2. The van der Waals surface area contributed by atoms with Crippen molar-refractivity contribution in [2.75, 3.05) is 12.4 Å². The first kappa shape index (κ1) is 21.6. The van der Waals surface area contributed by atoms with E-state index in [0.29, 0.717) is 12.2 Å². The Hall–Kier alpha value is -4.23. The Kier molecular flexibility index (Phi) is 6.18. The van der Waals surface area contributed by atoms with Crippen LogP contribution in [0.2, 0.25) is 0 Å². The molecule has 0 saturated heterocycles. The second kappa shape index (κ2) is 9.72. The number of carbonyl (C=O) groups excluding carboxylic acids is 1. The number of hydrogen-bond donors (Lipinski definition) is 1. The number of aldehydes is 1. The number of benzene rings is 3. The molecule has 0 spiro atoms. The number of anilines is 2. The van der Waals surface area contributed by atoms with Crippen LogP contribution in [0.3, 0.4) is 0 Å². The van der Waals surface area contributed by atoms with Crippen LogP contribution in [-0.4, -0.2) is 23.4 Å². The summed E-state index contributed by atoms with van der Waals surface area (Å²) in [6.07, 6.45) is 2.40. The van der Waals surface area contributed by atoms with E-state index in [1.54, 1.807) is 30.8 Å². The van der Waals surface area contributed by atoms with Crippen molar-refractivity contribution in [3.8, 4) is 21.9 Å². The summed E-state index contributed by atoms with van der Waals surface area (Å²) in [6, 6.07) is 25.1. The molecule has 5 rings (SSSR count). The summed E-state index contributed by atoms with van der Waals surface area (Å²) >= 11 is 1.59. The summed E-state index contributed by atoms with van der Waals surface area (Å²) < 4.78 is 12.1. The molecule has 0 fully saturated rings. The van der Waals surface area contributed by atoms with Crippen molar-refractivity contribution in [3.63, 3.8) is 0 Å². The van der Waals surface area contributed by atoms with Crippen LogP contribution in [-0.2, 0) is 6.61 Å². The topological polar surface area (TPSA) is 73.3 Å². The van der Waals surface area contributed by atoms with E-state index < -0.39 is 0 Å². The summed E-state index contributed by atoms with van der Waals surface area (Å²) in [4.78, 5) is 21.1. The summed E-state index contributed by atoms with van der Waals surface area (Å²) in [5.74, 6) is 2.29. The molecule has 2 heterocycles. The third-order valence-corrected chi connectivity index (χ3v) is 6.46. The fourth-order valence-corrected chi connectivity index (χ4v) is 4.59. The molecule has 7 heteroatoms. The van der Waals surface area contributed by atoms with Gasteiger partial charge in [-0.1, -0.05) is 36.4 Å². The molecule has 0 unspecified atom stereocenters. The zero-order chi connectivity index (χ0) is 23.3. The largest absolute Gasteiger partial charge is 0.497 e. The molecule has 0 saturated carbocycles. The average Bonchev–Trinajstić information content (AvgIpc) is 3.34. The highest BCUT2D eigenvalue weighted by Crippen LogP contribution is 2.37. The number of methoxy groups -OCH3 is 1. The van der Waals surface area contributed by atoms with Crippen molar-refractivity contribution in [1.82, 2.24) is 9.97 Å². The number of thiophene rings is 1. The van der Waals surface area contributed by atoms with Crippen LogP contribution >= 0.6 is 11.3 Å². The Morgan fingerprint density at radius 3 is 2.62 bits per heavy atom. The van der Waals surface area contributed by atoms with Crippen molar-refractivity contribution < 1.29 is 14.3 Å². The molecular formula is C27H21N3O3S. The molecule has 168 valence electrons. The lowest BCUT2D eigenvalue weighted by Crippen LogP contribution is -1.97. The van der Waals surface area contributed by atoms with E-state index in [1.165, 1.54) is 0 Å². The zero-order valence-corrected chi connectivity index (χ0v) is 19.2. The Labute approximate surface area is 200 Å². The van der Waals surface area contributed by atoms with E-state index in [1.807, 2.05) is 72.8 Å². The first-order chi connectivity index (χ1) is 16.7. The Morgan fingerprint density at radius 1 is 0.941 bits per heavy atom. The van der Waals surface area contributed by atoms with Crippen LogP contribution in [0.15, 0.2) is 85.2 Å². The van der Waals surface area contributed by atoms with Gasteiger partial charge in [0.2, 0.25) is 0 Å². The van der Waals surface area contributed by atoms with Crippen molar-refractivity contribution in [1.29, 1.82) is 0 Å². The molecule has 3 aromatic carbocycles. The van der Waals surface area contributed by atoms with Gasteiger partial charge in [-0.15, -0.1) is 11.3 Å². The third kappa shape index (κ3) is 4.74. The number of rotatable bonds is 8. The van der Waals surface area contributed by atoms with Gasteiger partial charge in [-0.2, -0.15) is 0 Å². The molecule has 0 radical (unpaired) electrons. The summed E-state index contributed by atoms with van der Waals surface area (Å²) in [7, 11) is 1.65. The average molecular weight is 468 g/mol. The van der Waals surface area contributed by atoms with Gasteiger partial charge in [-0.3, -0.25) is 4.79 Å². The number of fused-ring (bicyclic) bond motifs is 1. The first-order valence-electron chi connectivity index (χ1n) is 10.6. The van der Waals surface area contributed by atoms with Crippen LogP contribution in [0.25, 0.3) is 20.7 Å². The number of hydrogen-bond acceptors (Lipinski definition) is 7. The molecule has 0 aliphatic rings. The van der Waals surface area contributed by atoms with Gasteiger partial charge < -0.3 is 14.8 Å². The van der Waals surface area contributed by atoms with Gasteiger partial charge in [0.05, 0.1) is 17.3 Å². The monoisotopic (exact) mass is 467 g/mol. The lowest BCUT2D eigenvalue weighted by molar-refractivity contribution is 0.112. The Morgan fingerprint density at radius 2 is 1.79 bits per heavy atom. The van der Waals surface area contributed by atoms with Gasteiger partial charge in [0, 0.05) is 22.2 Å². The van der Waals surface area contributed by atoms with Crippen LogP contribution < -0.4 is 14.8 Å².